The number of hydrogen-bond acceptors (Lipinski definition) is 5. The summed E-state index contributed by atoms with van der Waals surface area (Å²) in [6, 6.07) is 6.77. The smallest absolute Gasteiger partial charge is 0.246 e. The molecule has 3 saturated heterocycles. The molecule has 4 fully saturated rings. The molecule has 1 aromatic heterocycles. The molecule has 1 aromatic carbocycles. The first-order valence-corrected chi connectivity index (χ1v) is 12.7. The molecule has 6 nitrogen and oxygen atoms in total. The number of benzene rings is 1. The molecule has 166 valence electrons. The molecule has 8 heteroatoms. The van der Waals surface area contributed by atoms with Gasteiger partial charge in [0.1, 0.15) is 10.7 Å². The molecule has 0 radical (unpaired) electrons. The van der Waals surface area contributed by atoms with Crippen LogP contribution in [0.5, 0.6) is 0 Å². The Morgan fingerprint density at radius 1 is 1.10 bits per heavy atom. The van der Waals surface area contributed by atoms with Crippen LogP contribution in [-0.2, 0) is 14.8 Å². The zero-order chi connectivity index (χ0) is 21.3. The van der Waals surface area contributed by atoms with Crippen molar-refractivity contribution in [1.29, 1.82) is 0 Å². The summed E-state index contributed by atoms with van der Waals surface area (Å²) in [7, 11) is -3.86. The number of hydrogen-bond donors (Lipinski definition) is 0. The standard InChI is InChI=1S/C23H28FN3O3S/c24-19-11-20-17(2-1-7-25-20)10-21(19)31(28,29)27-8-5-22(6-9-27)4-3-18(12-22)26-13-23(14-26)15-30-16-23/h1-2,7,10-11,18H,3-6,8-9,12-16H2. The second-order valence-corrected chi connectivity index (χ2v) is 12.1. The zero-order valence-corrected chi connectivity index (χ0v) is 18.4. The van der Waals surface area contributed by atoms with E-state index in [0.29, 0.717) is 35.4 Å². The number of rotatable bonds is 3. The number of piperidine rings is 1. The lowest BCUT2D eigenvalue weighted by Crippen LogP contribution is -2.67. The molecule has 2 spiro atoms. The highest BCUT2D eigenvalue weighted by molar-refractivity contribution is 7.89. The molecule has 31 heavy (non-hydrogen) atoms. The Bertz CT molecular complexity index is 1120. The molecule has 4 heterocycles. The van der Waals surface area contributed by atoms with Crippen molar-refractivity contribution < 1.29 is 17.5 Å². The minimum Gasteiger partial charge on any atom is -0.380 e. The Morgan fingerprint density at radius 2 is 1.87 bits per heavy atom. The topological polar surface area (TPSA) is 62.7 Å². The predicted molar refractivity (Wildman–Crippen MR) is 115 cm³/mol. The maximum absolute atomic E-state index is 14.7. The van der Waals surface area contributed by atoms with Crippen molar-refractivity contribution in [3.8, 4) is 0 Å². The molecule has 1 aliphatic carbocycles. The summed E-state index contributed by atoms with van der Waals surface area (Å²) < 4.78 is 48.0. The van der Waals surface area contributed by atoms with E-state index < -0.39 is 15.8 Å². The van der Waals surface area contributed by atoms with Gasteiger partial charge in [-0.1, -0.05) is 6.07 Å². The molecule has 4 aliphatic rings. The molecule has 6 rings (SSSR count). The van der Waals surface area contributed by atoms with E-state index in [1.807, 2.05) is 0 Å². The van der Waals surface area contributed by atoms with Gasteiger partial charge in [-0.05, 0) is 49.7 Å². The molecule has 3 aliphatic heterocycles. The molecule has 0 bridgehead atoms. The van der Waals surface area contributed by atoms with Crippen molar-refractivity contribution in [3.05, 3.63) is 36.3 Å². The molecule has 0 amide bonds. The van der Waals surface area contributed by atoms with E-state index in [2.05, 4.69) is 9.88 Å². The molecule has 1 atom stereocenters. The first-order chi connectivity index (χ1) is 14.9. The zero-order valence-electron chi connectivity index (χ0n) is 17.6. The fraction of sp³-hybridized carbons (Fsp3) is 0.609. The van der Waals surface area contributed by atoms with Crippen molar-refractivity contribution in [2.45, 2.75) is 43.0 Å². The average Bonchev–Trinajstić information content (AvgIpc) is 3.08. The number of fused-ring (bicyclic) bond motifs is 1. The summed E-state index contributed by atoms with van der Waals surface area (Å²) in [6.07, 6.45) is 6.84. The van der Waals surface area contributed by atoms with Crippen LogP contribution in [-0.4, -0.2) is 68.0 Å². The van der Waals surface area contributed by atoms with Crippen molar-refractivity contribution in [3.63, 3.8) is 0 Å². The SMILES string of the molecule is O=S(=O)(c1cc2cccnc2cc1F)N1CCC2(CCC(N3CC4(COC4)C3)C2)CC1. The number of nitrogens with zero attached hydrogens (tertiary/aromatic N) is 3. The van der Waals surface area contributed by atoms with Gasteiger partial charge < -0.3 is 4.74 Å². The lowest BCUT2D eigenvalue weighted by Gasteiger charge is -2.57. The summed E-state index contributed by atoms with van der Waals surface area (Å²) in [5, 5.41) is 0.638. The highest BCUT2D eigenvalue weighted by Crippen LogP contribution is 2.51. The summed E-state index contributed by atoms with van der Waals surface area (Å²) in [4.78, 5) is 6.49. The van der Waals surface area contributed by atoms with E-state index in [9.17, 15) is 12.8 Å². The van der Waals surface area contributed by atoms with Gasteiger partial charge in [-0.15, -0.1) is 0 Å². The van der Waals surface area contributed by atoms with Crippen LogP contribution in [0.25, 0.3) is 10.9 Å². The molecule has 2 aromatic rings. The van der Waals surface area contributed by atoms with Gasteiger partial charge in [-0.25, -0.2) is 12.8 Å². The quantitative estimate of drug-likeness (QED) is 0.727. The Kier molecular flexibility index (Phi) is 4.49. The van der Waals surface area contributed by atoms with E-state index in [4.69, 9.17) is 4.74 Å². The van der Waals surface area contributed by atoms with Gasteiger partial charge in [0.15, 0.2) is 0 Å². The highest BCUT2D eigenvalue weighted by atomic mass is 32.2. The van der Waals surface area contributed by atoms with Crippen LogP contribution in [0.2, 0.25) is 0 Å². The van der Waals surface area contributed by atoms with Gasteiger partial charge in [0.05, 0.1) is 18.7 Å². The maximum atomic E-state index is 14.7. The van der Waals surface area contributed by atoms with Crippen molar-refractivity contribution in [1.82, 2.24) is 14.2 Å². The Balaban J connectivity index is 1.14. The largest absolute Gasteiger partial charge is 0.380 e. The Labute approximate surface area is 182 Å². The van der Waals surface area contributed by atoms with E-state index in [-0.39, 0.29) is 10.3 Å². The number of halogens is 1. The number of sulfonamides is 1. The molecule has 1 unspecified atom stereocenters. The van der Waals surface area contributed by atoms with Crippen LogP contribution >= 0.6 is 0 Å². The number of likely N-dealkylation sites (tertiary alicyclic amines) is 1. The van der Waals surface area contributed by atoms with Gasteiger partial charge in [-0.2, -0.15) is 4.31 Å². The predicted octanol–water partition coefficient (Wildman–Crippen LogP) is 3.03. The lowest BCUT2D eigenvalue weighted by atomic mass is 9.75. The highest BCUT2D eigenvalue weighted by Gasteiger charge is 2.53. The van der Waals surface area contributed by atoms with Gasteiger partial charge in [0, 0.05) is 55.3 Å². The third kappa shape index (κ3) is 3.22. The lowest BCUT2D eigenvalue weighted by molar-refractivity contribution is -0.198. The summed E-state index contributed by atoms with van der Waals surface area (Å²) in [6.45, 7) is 5.08. The number of pyridine rings is 1. The fourth-order valence-electron chi connectivity index (χ4n) is 6.20. The van der Waals surface area contributed by atoms with E-state index in [0.717, 1.165) is 45.6 Å². The van der Waals surface area contributed by atoms with E-state index in [1.165, 1.54) is 29.3 Å². The van der Waals surface area contributed by atoms with Crippen LogP contribution in [0.15, 0.2) is 35.4 Å². The molecule has 0 N–H and O–H groups in total. The second-order valence-electron chi connectivity index (χ2n) is 10.2. The number of aromatic nitrogens is 1. The van der Waals surface area contributed by atoms with Crippen molar-refractivity contribution in [2.24, 2.45) is 10.8 Å². The first-order valence-electron chi connectivity index (χ1n) is 11.2. The van der Waals surface area contributed by atoms with Crippen LogP contribution < -0.4 is 0 Å². The fourth-order valence-corrected chi connectivity index (χ4v) is 7.72. The van der Waals surface area contributed by atoms with Crippen LogP contribution in [0.1, 0.15) is 32.1 Å². The average molecular weight is 446 g/mol. The van der Waals surface area contributed by atoms with E-state index >= 15 is 0 Å². The van der Waals surface area contributed by atoms with E-state index in [1.54, 1.807) is 18.3 Å². The monoisotopic (exact) mass is 445 g/mol. The molecular formula is C23H28FN3O3S. The summed E-state index contributed by atoms with van der Waals surface area (Å²) >= 11 is 0. The molecular weight excluding hydrogens is 417 g/mol. The first kappa shape index (κ1) is 20.0. The van der Waals surface area contributed by atoms with Crippen molar-refractivity contribution >= 4 is 20.9 Å². The van der Waals surface area contributed by atoms with Gasteiger partial charge in [0.2, 0.25) is 10.0 Å². The Hall–Kier alpha value is -1.61. The second kappa shape index (κ2) is 6.94. The Morgan fingerprint density at radius 3 is 2.58 bits per heavy atom. The molecule has 1 saturated carbocycles. The summed E-state index contributed by atoms with van der Waals surface area (Å²) in [5.41, 5.74) is 1.14. The van der Waals surface area contributed by atoms with Crippen LogP contribution in [0.3, 0.4) is 0 Å². The minimum absolute atomic E-state index is 0.234. The van der Waals surface area contributed by atoms with Crippen LogP contribution in [0.4, 0.5) is 4.39 Å². The number of ether oxygens (including phenoxy) is 1. The third-order valence-electron chi connectivity index (χ3n) is 8.14. The minimum atomic E-state index is -3.86. The maximum Gasteiger partial charge on any atom is 0.246 e. The van der Waals surface area contributed by atoms with Crippen molar-refractivity contribution in [2.75, 3.05) is 39.4 Å². The van der Waals surface area contributed by atoms with Gasteiger partial charge in [0.25, 0.3) is 0 Å². The normalized spacial score (nSPS) is 28.1. The third-order valence-corrected chi connectivity index (χ3v) is 10.1. The van der Waals surface area contributed by atoms with Gasteiger partial charge >= 0.3 is 0 Å². The summed E-state index contributed by atoms with van der Waals surface area (Å²) in [5.74, 6) is -0.723. The van der Waals surface area contributed by atoms with Gasteiger partial charge in [-0.3, -0.25) is 9.88 Å². The van der Waals surface area contributed by atoms with Crippen LogP contribution in [0, 0.1) is 16.6 Å².